The molecular weight excluding hydrogens is 340 g/mol. The van der Waals surface area contributed by atoms with Crippen molar-refractivity contribution in [2.75, 3.05) is 13.2 Å². The summed E-state index contributed by atoms with van der Waals surface area (Å²) in [4.78, 5) is 18.1. The zero-order chi connectivity index (χ0) is 18.8. The third-order valence-corrected chi connectivity index (χ3v) is 5.05. The van der Waals surface area contributed by atoms with Crippen LogP contribution < -0.4 is 0 Å². The number of rotatable bonds is 6. The molecule has 0 aliphatic carbocycles. The van der Waals surface area contributed by atoms with E-state index in [0.29, 0.717) is 25.4 Å². The average molecular weight is 364 g/mol. The Morgan fingerprint density at radius 3 is 3.07 bits per heavy atom. The molecule has 0 unspecified atom stereocenters. The summed E-state index contributed by atoms with van der Waals surface area (Å²) in [6.07, 6.45) is 4.74. The van der Waals surface area contributed by atoms with Gasteiger partial charge in [0.1, 0.15) is 0 Å². The third-order valence-electron chi connectivity index (χ3n) is 5.05. The van der Waals surface area contributed by atoms with Crippen LogP contribution in [0.4, 0.5) is 0 Å². The number of H-pyrrole nitrogens is 1. The number of nitrogens with one attached hydrogen (secondary N) is 1. The fourth-order valence-corrected chi connectivity index (χ4v) is 3.82. The van der Waals surface area contributed by atoms with Gasteiger partial charge in [-0.15, -0.1) is 6.58 Å². The molecule has 1 N–H and O–H groups in total. The smallest absolute Gasteiger partial charge is 0.359 e. The van der Waals surface area contributed by atoms with Gasteiger partial charge in [0.25, 0.3) is 0 Å². The first-order chi connectivity index (χ1) is 13.2. The first-order valence-electron chi connectivity index (χ1n) is 9.35. The molecule has 4 rings (SSSR count). The van der Waals surface area contributed by atoms with Crippen molar-refractivity contribution in [3.8, 4) is 0 Å². The third kappa shape index (κ3) is 3.28. The molecule has 1 aliphatic heterocycles. The second kappa shape index (κ2) is 7.40. The first-order valence-corrected chi connectivity index (χ1v) is 9.35. The maximum Gasteiger partial charge on any atom is 0.359 e. The zero-order valence-corrected chi connectivity index (χ0v) is 15.6. The molecule has 0 spiro atoms. The number of benzene rings is 1. The van der Waals surface area contributed by atoms with Crippen LogP contribution in [0.3, 0.4) is 0 Å². The minimum absolute atomic E-state index is 0.342. The van der Waals surface area contributed by atoms with Crippen LogP contribution in [0.2, 0.25) is 0 Å². The summed E-state index contributed by atoms with van der Waals surface area (Å²) >= 11 is 0. The number of hydrogen-bond donors (Lipinski definition) is 1. The van der Waals surface area contributed by atoms with Crippen LogP contribution in [0.15, 0.2) is 43.1 Å². The Labute approximate surface area is 158 Å². The van der Waals surface area contributed by atoms with Crippen LogP contribution in [0.25, 0.3) is 10.9 Å². The predicted octanol–water partition coefficient (Wildman–Crippen LogP) is 3.29. The number of aromatic amines is 1. The highest BCUT2D eigenvalue weighted by molar-refractivity contribution is 5.89. The molecule has 0 saturated carbocycles. The zero-order valence-electron chi connectivity index (χ0n) is 15.6. The summed E-state index contributed by atoms with van der Waals surface area (Å²) in [5.74, 6) is -0.342. The number of carbonyl (C=O) groups excluding carboxylic acids is 1. The van der Waals surface area contributed by atoms with Crippen LogP contribution in [-0.4, -0.2) is 38.8 Å². The molecule has 3 heterocycles. The quantitative estimate of drug-likeness (QED) is 0.539. The number of aromatic nitrogens is 3. The van der Waals surface area contributed by atoms with Gasteiger partial charge in [-0.05, 0) is 18.6 Å². The van der Waals surface area contributed by atoms with Crippen LogP contribution in [0.1, 0.15) is 34.2 Å². The molecule has 0 bridgehead atoms. The summed E-state index contributed by atoms with van der Waals surface area (Å²) in [5.41, 5.74) is 4.97. The van der Waals surface area contributed by atoms with E-state index < -0.39 is 0 Å². The van der Waals surface area contributed by atoms with Gasteiger partial charge in [0.15, 0.2) is 5.69 Å². The summed E-state index contributed by atoms with van der Waals surface area (Å²) in [5, 5.41) is 5.77. The molecule has 1 aromatic carbocycles. The van der Waals surface area contributed by atoms with E-state index in [1.165, 1.54) is 10.9 Å². The maximum atomic E-state index is 12.4. The van der Waals surface area contributed by atoms with Gasteiger partial charge in [-0.1, -0.05) is 24.3 Å². The van der Waals surface area contributed by atoms with Gasteiger partial charge in [-0.25, -0.2) is 4.79 Å². The normalized spacial score (nSPS) is 14.3. The largest absolute Gasteiger partial charge is 0.461 e. The molecule has 6 nitrogen and oxygen atoms in total. The molecule has 0 atom stereocenters. The molecule has 0 saturated heterocycles. The minimum atomic E-state index is -0.342. The highest BCUT2D eigenvalue weighted by Gasteiger charge is 2.28. The first kappa shape index (κ1) is 17.5. The Kier molecular flexibility index (Phi) is 4.81. The fraction of sp³-hybridized carbons (Fsp3) is 0.333. The van der Waals surface area contributed by atoms with Gasteiger partial charge in [0.2, 0.25) is 0 Å². The van der Waals surface area contributed by atoms with Crippen LogP contribution >= 0.6 is 0 Å². The Morgan fingerprint density at radius 1 is 1.41 bits per heavy atom. The topological polar surface area (TPSA) is 63.2 Å². The van der Waals surface area contributed by atoms with E-state index in [9.17, 15) is 4.79 Å². The number of ether oxygens (including phenoxy) is 1. The van der Waals surface area contributed by atoms with Crippen LogP contribution in [0, 0.1) is 0 Å². The Balaban J connectivity index is 1.61. The highest BCUT2D eigenvalue weighted by Crippen LogP contribution is 2.26. The van der Waals surface area contributed by atoms with Gasteiger partial charge in [-0.3, -0.25) is 9.58 Å². The predicted molar refractivity (Wildman–Crippen MR) is 104 cm³/mol. The average Bonchev–Trinajstić information content (AvgIpc) is 3.24. The van der Waals surface area contributed by atoms with Gasteiger partial charge in [-0.2, -0.15) is 5.10 Å². The second-order valence-electron chi connectivity index (χ2n) is 6.79. The molecular formula is C21H24N4O2. The highest BCUT2D eigenvalue weighted by atomic mass is 16.5. The molecule has 1 aliphatic rings. The number of fused-ring (bicyclic) bond motifs is 2. The molecule has 2 aromatic heterocycles. The van der Waals surface area contributed by atoms with E-state index in [-0.39, 0.29) is 5.97 Å². The number of allylic oxidation sites excluding steroid dienone is 1. The Bertz CT molecular complexity index is 985. The summed E-state index contributed by atoms with van der Waals surface area (Å²) in [6, 6.07) is 8.33. The van der Waals surface area contributed by atoms with E-state index in [4.69, 9.17) is 4.74 Å². The molecule has 0 radical (unpaired) electrons. The van der Waals surface area contributed by atoms with Crippen molar-refractivity contribution in [3.05, 3.63) is 65.6 Å². The van der Waals surface area contributed by atoms with Crippen molar-refractivity contribution in [1.82, 2.24) is 19.7 Å². The Hall–Kier alpha value is -2.86. The second-order valence-corrected chi connectivity index (χ2v) is 6.79. The van der Waals surface area contributed by atoms with Gasteiger partial charge >= 0.3 is 5.97 Å². The summed E-state index contributed by atoms with van der Waals surface area (Å²) < 4.78 is 7.11. The van der Waals surface area contributed by atoms with E-state index >= 15 is 0 Å². The van der Waals surface area contributed by atoms with Gasteiger partial charge in [0.05, 0.1) is 13.2 Å². The lowest BCUT2D eigenvalue weighted by Crippen LogP contribution is -2.31. The van der Waals surface area contributed by atoms with Crippen molar-refractivity contribution < 1.29 is 9.53 Å². The lowest BCUT2D eigenvalue weighted by atomic mass is 10.0. The van der Waals surface area contributed by atoms with Gasteiger partial charge in [0, 0.05) is 54.4 Å². The van der Waals surface area contributed by atoms with E-state index in [2.05, 4.69) is 46.0 Å². The van der Waals surface area contributed by atoms with Crippen molar-refractivity contribution in [2.45, 2.75) is 33.0 Å². The van der Waals surface area contributed by atoms with Crippen molar-refractivity contribution in [3.63, 3.8) is 0 Å². The SMILES string of the molecule is C=CCn1nc(C(=O)OCC)c2c1CCN(Cc1c[nH]c3ccccc13)C2. The maximum absolute atomic E-state index is 12.4. The summed E-state index contributed by atoms with van der Waals surface area (Å²) in [7, 11) is 0. The standard InChI is InChI=1S/C21H24N4O2/c1-3-10-25-19-9-11-24(14-17(19)20(23-25)21(26)27-4-2)13-15-12-22-18-8-6-5-7-16(15)18/h3,5-8,12,22H,1,4,9-11,13-14H2,2H3. The number of esters is 1. The number of carbonyl (C=O) groups is 1. The van der Waals surface area contributed by atoms with Crippen molar-refractivity contribution in [1.29, 1.82) is 0 Å². The van der Waals surface area contributed by atoms with Crippen molar-refractivity contribution >= 4 is 16.9 Å². The fourth-order valence-electron chi connectivity index (χ4n) is 3.82. The van der Waals surface area contributed by atoms with Crippen LogP contribution in [0.5, 0.6) is 0 Å². The summed E-state index contributed by atoms with van der Waals surface area (Å²) in [6.45, 7) is 9.02. The monoisotopic (exact) mass is 364 g/mol. The molecule has 0 fully saturated rings. The molecule has 6 heteroatoms. The number of para-hydroxylation sites is 1. The number of nitrogens with zero attached hydrogens (tertiary/aromatic N) is 3. The molecule has 140 valence electrons. The lowest BCUT2D eigenvalue weighted by molar-refractivity contribution is 0.0515. The molecule has 3 aromatic rings. The molecule has 0 amide bonds. The Morgan fingerprint density at radius 2 is 2.26 bits per heavy atom. The minimum Gasteiger partial charge on any atom is -0.461 e. The molecule has 27 heavy (non-hydrogen) atoms. The van der Waals surface area contributed by atoms with E-state index in [1.54, 1.807) is 6.08 Å². The van der Waals surface area contributed by atoms with E-state index in [0.717, 1.165) is 36.3 Å². The van der Waals surface area contributed by atoms with E-state index in [1.807, 2.05) is 17.7 Å². The van der Waals surface area contributed by atoms with Crippen molar-refractivity contribution in [2.24, 2.45) is 0 Å². The lowest BCUT2D eigenvalue weighted by Gasteiger charge is -2.27. The number of hydrogen-bond acceptors (Lipinski definition) is 4. The van der Waals surface area contributed by atoms with Crippen LogP contribution in [-0.2, 0) is 30.8 Å². The van der Waals surface area contributed by atoms with Gasteiger partial charge < -0.3 is 9.72 Å².